The van der Waals surface area contributed by atoms with Crippen LogP contribution in [-0.2, 0) is 6.61 Å². The van der Waals surface area contributed by atoms with Gasteiger partial charge in [-0.3, -0.25) is 0 Å². The highest BCUT2D eigenvalue weighted by Crippen LogP contribution is 2.34. The van der Waals surface area contributed by atoms with Gasteiger partial charge < -0.3 is 10.0 Å². The van der Waals surface area contributed by atoms with Crippen LogP contribution in [0.25, 0.3) is 0 Å². The van der Waals surface area contributed by atoms with Gasteiger partial charge in [0.15, 0.2) is 0 Å². The molecule has 0 bridgehead atoms. The van der Waals surface area contributed by atoms with E-state index in [2.05, 4.69) is 18.7 Å². The number of hydrogen-bond donors (Lipinski definition) is 1. The zero-order chi connectivity index (χ0) is 12.4. The molecule has 1 aliphatic heterocycles. The number of rotatable bonds is 3. The van der Waals surface area contributed by atoms with Gasteiger partial charge in [0.1, 0.15) is 5.82 Å². The van der Waals surface area contributed by atoms with E-state index in [1.165, 1.54) is 6.07 Å². The lowest BCUT2D eigenvalue weighted by Crippen LogP contribution is -2.35. The summed E-state index contributed by atoms with van der Waals surface area (Å²) in [4.78, 5) is 2.27. The average molecular weight is 237 g/mol. The summed E-state index contributed by atoms with van der Waals surface area (Å²) >= 11 is 0. The van der Waals surface area contributed by atoms with Crippen molar-refractivity contribution in [2.24, 2.45) is 0 Å². The van der Waals surface area contributed by atoms with Crippen LogP contribution in [0.1, 0.15) is 38.7 Å². The van der Waals surface area contributed by atoms with Gasteiger partial charge in [-0.1, -0.05) is 13.0 Å². The first-order valence-electron chi connectivity index (χ1n) is 6.35. The van der Waals surface area contributed by atoms with Crippen LogP contribution in [0, 0.1) is 5.82 Å². The predicted octanol–water partition coefficient (Wildman–Crippen LogP) is 3.09. The molecule has 0 aliphatic carbocycles. The van der Waals surface area contributed by atoms with Gasteiger partial charge in [0.2, 0.25) is 0 Å². The summed E-state index contributed by atoms with van der Waals surface area (Å²) in [7, 11) is 0. The minimum Gasteiger partial charge on any atom is -0.391 e. The zero-order valence-electron chi connectivity index (χ0n) is 10.5. The number of hydrogen-bond acceptors (Lipinski definition) is 2. The van der Waals surface area contributed by atoms with Crippen LogP contribution in [-0.4, -0.2) is 17.2 Å². The molecule has 1 N–H and O–H groups in total. The van der Waals surface area contributed by atoms with E-state index in [1.807, 2.05) is 6.07 Å². The molecule has 0 spiro atoms. The zero-order valence-corrected chi connectivity index (χ0v) is 10.5. The van der Waals surface area contributed by atoms with Crippen molar-refractivity contribution in [3.8, 4) is 0 Å². The van der Waals surface area contributed by atoms with Crippen LogP contribution < -0.4 is 4.90 Å². The van der Waals surface area contributed by atoms with Crippen LogP contribution in [0.5, 0.6) is 0 Å². The Morgan fingerprint density at radius 2 is 2.18 bits per heavy atom. The first kappa shape index (κ1) is 12.4. The molecule has 1 heterocycles. The van der Waals surface area contributed by atoms with Crippen molar-refractivity contribution >= 4 is 5.69 Å². The molecule has 94 valence electrons. The van der Waals surface area contributed by atoms with E-state index in [0.29, 0.717) is 17.6 Å². The number of halogens is 1. The van der Waals surface area contributed by atoms with Gasteiger partial charge in [-0.15, -0.1) is 0 Å². The smallest absolute Gasteiger partial charge is 0.130 e. The van der Waals surface area contributed by atoms with E-state index < -0.39 is 0 Å². The Hall–Kier alpha value is -1.09. The molecule has 1 aromatic carbocycles. The van der Waals surface area contributed by atoms with Gasteiger partial charge in [0, 0.05) is 23.3 Å². The molecule has 1 aromatic rings. The average Bonchev–Trinajstić information content (AvgIpc) is 2.70. The molecule has 2 unspecified atom stereocenters. The standard InChI is InChI=1S/C14H20FNO/c1-3-11-8-7-10(2)16(11)14-6-4-5-13(15)12(14)9-17/h4-6,10-11,17H,3,7-9H2,1-2H3. The fraction of sp³-hybridized carbons (Fsp3) is 0.571. The number of aliphatic hydroxyl groups is 1. The van der Waals surface area contributed by atoms with E-state index in [1.54, 1.807) is 6.07 Å². The Labute approximate surface area is 102 Å². The van der Waals surface area contributed by atoms with Gasteiger partial charge >= 0.3 is 0 Å². The van der Waals surface area contributed by atoms with Crippen molar-refractivity contribution in [2.45, 2.75) is 51.8 Å². The SMILES string of the molecule is CCC1CCC(C)N1c1cccc(F)c1CO. The first-order chi connectivity index (χ1) is 8.19. The van der Waals surface area contributed by atoms with Gasteiger partial charge in [0.25, 0.3) is 0 Å². The van der Waals surface area contributed by atoms with E-state index >= 15 is 0 Å². The minimum absolute atomic E-state index is 0.234. The number of aliphatic hydroxyl groups excluding tert-OH is 1. The lowest BCUT2D eigenvalue weighted by molar-refractivity contribution is 0.275. The normalized spacial score (nSPS) is 24.4. The Bertz CT molecular complexity index is 394. The van der Waals surface area contributed by atoms with Crippen molar-refractivity contribution in [3.05, 3.63) is 29.6 Å². The van der Waals surface area contributed by atoms with Crippen LogP contribution in [0.2, 0.25) is 0 Å². The molecule has 2 atom stereocenters. The molecule has 1 aliphatic rings. The molecule has 3 heteroatoms. The van der Waals surface area contributed by atoms with Crippen LogP contribution >= 0.6 is 0 Å². The summed E-state index contributed by atoms with van der Waals surface area (Å²) in [5.74, 6) is -0.307. The van der Waals surface area contributed by atoms with Crippen molar-refractivity contribution in [2.75, 3.05) is 4.90 Å². The maximum atomic E-state index is 13.7. The first-order valence-corrected chi connectivity index (χ1v) is 6.35. The highest BCUT2D eigenvalue weighted by atomic mass is 19.1. The predicted molar refractivity (Wildman–Crippen MR) is 67.6 cm³/mol. The van der Waals surface area contributed by atoms with Crippen molar-refractivity contribution in [1.82, 2.24) is 0 Å². The quantitative estimate of drug-likeness (QED) is 0.873. The third-order valence-corrected chi connectivity index (χ3v) is 3.79. The van der Waals surface area contributed by atoms with Gasteiger partial charge in [-0.25, -0.2) is 4.39 Å². The Morgan fingerprint density at radius 1 is 1.41 bits per heavy atom. The number of nitrogens with zero attached hydrogens (tertiary/aromatic N) is 1. The molecule has 17 heavy (non-hydrogen) atoms. The minimum atomic E-state index is -0.307. The summed E-state index contributed by atoms with van der Waals surface area (Å²) in [6.07, 6.45) is 3.35. The molecule has 0 amide bonds. The van der Waals surface area contributed by atoms with Gasteiger partial charge in [-0.2, -0.15) is 0 Å². The summed E-state index contributed by atoms with van der Waals surface area (Å²) in [6.45, 7) is 4.09. The van der Waals surface area contributed by atoms with E-state index in [4.69, 9.17) is 0 Å². The Balaban J connectivity index is 2.41. The molecule has 0 radical (unpaired) electrons. The van der Waals surface area contributed by atoms with Crippen LogP contribution in [0.4, 0.5) is 10.1 Å². The fourth-order valence-electron chi connectivity index (χ4n) is 2.85. The van der Waals surface area contributed by atoms with Crippen molar-refractivity contribution in [3.63, 3.8) is 0 Å². The molecule has 2 nitrogen and oxygen atoms in total. The molecule has 0 saturated carbocycles. The molecular weight excluding hydrogens is 217 g/mol. The monoisotopic (exact) mass is 237 g/mol. The van der Waals surface area contributed by atoms with Gasteiger partial charge in [-0.05, 0) is 38.3 Å². The highest BCUT2D eigenvalue weighted by Gasteiger charge is 2.31. The maximum Gasteiger partial charge on any atom is 0.130 e. The summed E-state index contributed by atoms with van der Waals surface area (Å²) < 4.78 is 13.7. The van der Waals surface area contributed by atoms with Crippen molar-refractivity contribution in [1.29, 1.82) is 0 Å². The largest absolute Gasteiger partial charge is 0.391 e. The third-order valence-electron chi connectivity index (χ3n) is 3.79. The highest BCUT2D eigenvalue weighted by molar-refractivity contribution is 5.56. The third kappa shape index (κ3) is 2.16. The summed E-state index contributed by atoms with van der Waals surface area (Å²) in [6, 6.07) is 5.95. The summed E-state index contributed by atoms with van der Waals surface area (Å²) in [5.41, 5.74) is 1.30. The van der Waals surface area contributed by atoms with E-state index in [0.717, 1.165) is 24.9 Å². The lowest BCUT2D eigenvalue weighted by Gasteiger charge is -2.32. The molecule has 2 rings (SSSR count). The molecule has 1 fully saturated rings. The van der Waals surface area contributed by atoms with E-state index in [-0.39, 0.29) is 12.4 Å². The maximum absolute atomic E-state index is 13.7. The lowest BCUT2D eigenvalue weighted by atomic mass is 10.1. The molecule has 0 aromatic heterocycles. The number of benzene rings is 1. The Morgan fingerprint density at radius 3 is 2.82 bits per heavy atom. The Kier molecular flexibility index (Phi) is 3.67. The number of anilines is 1. The summed E-state index contributed by atoms with van der Waals surface area (Å²) in [5, 5.41) is 9.34. The van der Waals surface area contributed by atoms with Crippen LogP contribution in [0.15, 0.2) is 18.2 Å². The van der Waals surface area contributed by atoms with Crippen molar-refractivity contribution < 1.29 is 9.50 Å². The second-order valence-corrected chi connectivity index (χ2v) is 4.79. The molecule has 1 saturated heterocycles. The van der Waals surface area contributed by atoms with Crippen LogP contribution in [0.3, 0.4) is 0 Å². The topological polar surface area (TPSA) is 23.5 Å². The second-order valence-electron chi connectivity index (χ2n) is 4.79. The fourth-order valence-corrected chi connectivity index (χ4v) is 2.85. The van der Waals surface area contributed by atoms with Gasteiger partial charge in [0.05, 0.1) is 6.61 Å². The second kappa shape index (κ2) is 5.05. The molecular formula is C14H20FNO. The van der Waals surface area contributed by atoms with E-state index in [9.17, 15) is 9.50 Å².